The molecule has 1 aromatic heterocycles. The van der Waals surface area contributed by atoms with E-state index in [2.05, 4.69) is 26.1 Å². The molecule has 3 aliphatic heterocycles. The molecule has 160 valence electrons. The van der Waals surface area contributed by atoms with E-state index in [1.54, 1.807) is 29.5 Å². The Morgan fingerprint density at radius 2 is 1.94 bits per heavy atom. The van der Waals surface area contributed by atoms with Crippen molar-refractivity contribution in [3.8, 4) is 0 Å². The van der Waals surface area contributed by atoms with E-state index in [-0.39, 0.29) is 18.4 Å². The van der Waals surface area contributed by atoms with Gasteiger partial charge in [-0.2, -0.15) is 0 Å². The van der Waals surface area contributed by atoms with E-state index in [9.17, 15) is 19.2 Å². The average molecular weight is 440 g/mol. The van der Waals surface area contributed by atoms with Crippen molar-refractivity contribution in [1.82, 2.24) is 31.0 Å². The van der Waals surface area contributed by atoms with Crippen LogP contribution in [0.5, 0.6) is 0 Å². The first-order valence-electron chi connectivity index (χ1n) is 10.1. The van der Waals surface area contributed by atoms with Crippen molar-refractivity contribution in [3.63, 3.8) is 0 Å². The predicted octanol–water partition coefficient (Wildman–Crippen LogP) is -0.0841. The topological polar surface area (TPSA) is 133 Å². The predicted molar refractivity (Wildman–Crippen MR) is 109 cm³/mol. The van der Waals surface area contributed by atoms with Crippen LogP contribution in [0.1, 0.15) is 55.1 Å². The molecular formula is C20H20N6O4S. The summed E-state index contributed by atoms with van der Waals surface area (Å²) in [5.74, 6) is -1.57. The summed E-state index contributed by atoms with van der Waals surface area (Å²) in [6.45, 7) is 2.72. The fraction of sp³-hybridized carbons (Fsp3) is 0.400. The number of imide groups is 2. The monoisotopic (exact) mass is 440 g/mol. The first-order valence-corrected chi connectivity index (χ1v) is 10.9. The maximum absolute atomic E-state index is 13.1. The molecule has 0 spiro atoms. The third-order valence-corrected chi connectivity index (χ3v) is 6.85. The zero-order chi connectivity index (χ0) is 21.5. The number of carbonyl (C=O) groups excluding carboxylic acids is 4. The minimum Gasteiger partial charge on any atom is -0.315 e. The molecule has 0 aliphatic carbocycles. The van der Waals surface area contributed by atoms with Crippen molar-refractivity contribution in [1.29, 1.82) is 0 Å². The first kappa shape index (κ1) is 19.9. The normalized spacial score (nSPS) is 21.3. The van der Waals surface area contributed by atoms with E-state index >= 15 is 0 Å². The Labute approximate surface area is 181 Å². The molecule has 10 nitrogen and oxygen atoms in total. The van der Waals surface area contributed by atoms with Crippen molar-refractivity contribution in [2.24, 2.45) is 0 Å². The van der Waals surface area contributed by atoms with Crippen LogP contribution < -0.4 is 16.0 Å². The molecule has 11 heteroatoms. The van der Waals surface area contributed by atoms with Crippen LogP contribution in [-0.4, -0.2) is 57.9 Å². The number of aromatic nitrogens is 2. The van der Waals surface area contributed by atoms with Crippen LogP contribution in [0.25, 0.3) is 0 Å². The molecule has 1 atom stereocenters. The van der Waals surface area contributed by atoms with Gasteiger partial charge in [-0.25, -0.2) is 0 Å². The van der Waals surface area contributed by atoms with Crippen LogP contribution in [0, 0.1) is 0 Å². The second-order valence-electron chi connectivity index (χ2n) is 7.78. The highest BCUT2D eigenvalue weighted by atomic mass is 32.1. The fourth-order valence-electron chi connectivity index (χ4n) is 4.00. The lowest BCUT2D eigenvalue weighted by molar-refractivity contribution is -0.136. The molecule has 4 heterocycles. The molecule has 0 bridgehead atoms. The van der Waals surface area contributed by atoms with Crippen molar-refractivity contribution in [2.75, 3.05) is 13.1 Å². The van der Waals surface area contributed by atoms with Gasteiger partial charge in [-0.05, 0) is 18.1 Å². The van der Waals surface area contributed by atoms with Gasteiger partial charge in [0.25, 0.3) is 11.8 Å². The van der Waals surface area contributed by atoms with Gasteiger partial charge < -0.3 is 10.6 Å². The number of nitrogens with one attached hydrogen (secondary N) is 3. The molecule has 2 aromatic rings. The minimum absolute atomic E-state index is 0.0962. The van der Waals surface area contributed by atoms with E-state index in [4.69, 9.17) is 0 Å². The maximum Gasteiger partial charge on any atom is 0.262 e. The molecule has 1 unspecified atom stereocenters. The second-order valence-corrected chi connectivity index (χ2v) is 8.87. The number of rotatable bonds is 6. The number of fused-ring (bicyclic) bond motifs is 1. The highest BCUT2D eigenvalue weighted by Crippen LogP contribution is 2.30. The second kappa shape index (κ2) is 7.91. The molecule has 4 amide bonds. The summed E-state index contributed by atoms with van der Waals surface area (Å²) in [5, 5.41) is 19.0. The quantitative estimate of drug-likeness (QED) is 0.531. The zero-order valence-corrected chi connectivity index (χ0v) is 17.3. The molecular weight excluding hydrogens is 420 g/mol. The fourth-order valence-corrected chi connectivity index (χ4v) is 4.91. The molecule has 5 rings (SSSR count). The number of hydrogen-bond acceptors (Lipinski definition) is 9. The summed E-state index contributed by atoms with van der Waals surface area (Å²) in [6.07, 6.45) is 0.235. The Morgan fingerprint density at radius 1 is 1.10 bits per heavy atom. The van der Waals surface area contributed by atoms with Crippen LogP contribution in [0.3, 0.4) is 0 Å². The number of amides is 4. The lowest BCUT2D eigenvalue weighted by Crippen LogP contribution is -2.54. The standard InChI is InChI=1S/C20H20N6O4S/c27-14-5-4-13(17(28)23-14)26-19(29)12-3-1-2-10(16(12)20(26)30)6-22-9-15-24-25-18(31-15)11-7-21-8-11/h1-3,11,13,21-22H,4-9H2,(H,23,27,28). The zero-order valence-electron chi connectivity index (χ0n) is 16.5. The Kier molecular flexibility index (Phi) is 5.08. The van der Waals surface area contributed by atoms with Crippen LogP contribution in [0.2, 0.25) is 0 Å². The summed E-state index contributed by atoms with van der Waals surface area (Å²) in [7, 11) is 0. The largest absolute Gasteiger partial charge is 0.315 e. The van der Waals surface area contributed by atoms with Crippen molar-refractivity contribution in [2.45, 2.75) is 37.9 Å². The molecule has 3 aliphatic rings. The Balaban J connectivity index is 1.29. The van der Waals surface area contributed by atoms with Gasteiger partial charge in [0.1, 0.15) is 16.1 Å². The van der Waals surface area contributed by atoms with Crippen LogP contribution in [0.15, 0.2) is 18.2 Å². The third-order valence-electron chi connectivity index (χ3n) is 5.76. The number of benzene rings is 1. The molecule has 0 radical (unpaired) electrons. The highest BCUT2D eigenvalue weighted by Gasteiger charge is 2.45. The van der Waals surface area contributed by atoms with Gasteiger partial charge in [0, 0.05) is 38.5 Å². The molecule has 31 heavy (non-hydrogen) atoms. The van der Waals surface area contributed by atoms with Gasteiger partial charge >= 0.3 is 0 Å². The number of carbonyl (C=O) groups is 4. The van der Waals surface area contributed by atoms with E-state index in [1.807, 2.05) is 0 Å². The molecule has 0 saturated carbocycles. The number of hydrogen-bond donors (Lipinski definition) is 3. The van der Waals surface area contributed by atoms with Gasteiger partial charge in [0.2, 0.25) is 11.8 Å². The third kappa shape index (κ3) is 3.54. The first-order chi connectivity index (χ1) is 15.0. The van der Waals surface area contributed by atoms with Crippen molar-refractivity contribution >= 4 is 35.0 Å². The van der Waals surface area contributed by atoms with E-state index < -0.39 is 29.7 Å². The SMILES string of the molecule is O=C1CCC(N2C(=O)c3cccc(CNCc4nnc(C5CNC5)s4)c3C2=O)C(=O)N1. The summed E-state index contributed by atoms with van der Waals surface area (Å²) >= 11 is 1.57. The van der Waals surface area contributed by atoms with Gasteiger partial charge in [-0.1, -0.05) is 23.5 Å². The molecule has 2 fully saturated rings. The summed E-state index contributed by atoms with van der Waals surface area (Å²) in [5.41, 5.74) is 1.27. The maximum atomic E-state index is 13.1. The van der Waals surface area contributed by atoms with Gasteiger partial charge in [0.15, 0.2) is 0 Å². The van der Waals surface area contributed by atoms with Crippen molar-refractivity contribution in [3.05, 3.63) is 44.9 Å². The molecule has 3 N–H and O–H groups in total. The summed E-state index contributed by atoms with van der Waals surface area (Å²) in [6, 6.07) is 4.14. The lowest BCUT2D eigenvalue weighted by atomic mass is 10.0. The van der Waals surface area contributed by atoms with Crippen LogP contribution in [0.4, 0.5) is 0 Å². The van der Waals surface area contributed by atoms with E-state index in [1.165, 1.54) is 0 Å². The molecule has 1 aromatic carbocycles. The van der Waals surface area contributed by atoms with Gasteiger partial charge in [-0.15, -0.1) is 10.2 Å². The summed E-state index contributed by atoms with van der Waals surface area (Å²) < 4.78 is 0. The smallest absolute Gasteiger partial charge is 0.262 e. The van der Waals surface area contributed by atoms with E-state index in [0.29, 0.717) is 30.1 Å². The Bertz CT molecular complexity index is 1100. The number of nitrogens with zero attached hydrogens (tertiary/aromatic N) is 3. The van der Waals surface area contributed by atoms with Crippen LogP contribution >= 0.6 is 11.3 Å². The molecule has 2 saturated heterocycles. The Morgan fingerprint density at radius 3 is 2.68 bits per heavy atom. The highest BCUT2D eigenvalue weighted by molar-refractivity contribution is 7.11. The van der Waals surface area contributed by atoms with Gasteiger partial charge in [0.05, 0.1) is 11.1 Å². The van der Waals surface area contributed by atoms with E-state index in [0.717, 1.165) is 28.0 Å². The van der Waals surface area contributed by atoms with Crippen LogP contribution in [-0.2, 0) is 22.7 Å². The van der Waals surface area contributed by atoms with Gasteiger partial charge in [-0.3, -0.25) is 29.4 Å². The minimum atomic E-state index is -0.966. The number of piperidine rings is 1. The summed E-state index contributed by atoms with van der Waals surface area (Å²) in [4.78, 5) is 50.6. The average Bonchev–Trinajstić information content (AvgIpc) is 3.25. The lowest BCUT2D eigenvalue weighted by Gasteiger charge is -2.27. The van der Waals surface area contributed by atoms with Crippen molar-refractivity contribution < 1.29 is 19.2 Å². The Hall–Kier alpha value is -3.02.